The van der Waals surface area contributed by atoms with Crippen molar-refractivity contribution in [1.82, 2.24) is 5.32 Å². The van der Waals surface area contributed by atoms with Crippen LogP contribution in [0.5, 0.6) is 0 Å². The van der Waals surface area contributed by atoms with Gasteiger partial charge in [-0.3, -0.25) is 9.59 Å². The van der Waals surface area contributed by atoms with Gasteiger partial charge in [0.2, 0.25) is 5.91 Å². The Labute approximate surface area is 121 Å². The third-order valence-electron chi connectivity index (χ3n) is 5.47. The van der Waals surface area contributed by atoms with E-state index in [2.05, 4.69) is 12.2 Å². The van der Waals surface area contributed by atoms with Crippen molar-refractivity contribution in [2.75, 3.05) is 6.54 Å². The van der Waals surface area contributed by atoms with Crippen molar-refractivity contribution < 1.29 is 14.7 Å². The van der Waals surface area contributed by atoms with E-state index in [1.807, 2.05) is 0 Å². The second-order valence-electron chi connectivity index (χ2n) is 6.54. The third kappa shape index (κ3) is 3.15. The summed E-state index contributed by atoms with van der Waals surface area (Å²) < 4.78 is 0. The summed E-state index contributed by atoms with van der Waals surface area (Å²) in [6.07, 6.45) is 8.93. The zero-order valence-corrected chi connectivity index (χ0v) is 12.5. The fraction of sp³-hybridized carbons (Fsp3) is 0.875. The molecule has 0 aromatic carbocycles. The molecular formula is C16H27NO3. The number of nitrogens with one attached hydrogen (secondary N) is 1. The van der Waals surface area contributed by atoms with Crippen molar-refractivity contribution in [3.8, 4) is 0 Å². The van der Waals surface area contributed by atoms with Crippen LogP contribution in [0.4, 0.5) is 0 Å². The lowest BCUT2D eigenvalue weighted by Crippen LogP contribution is -2.43. The lowest BCUT2D eigenvalue weighted by molar-refractivity contribution is -0.145. The molecule has 114 valence electrons. The summed E-state index contributed by atoms with van der Waals surface area (Å²) in [5, 5.41) is 12.3. The van der Waals surface area contributed by atoms with Gasteiger partial charge in [0.05, 0.1) is 5.92 Å². The molecule has 4 heteroatoms. The molecule has 0 heterocycles. The number of rotatable bonds is 5. The van der Waals surface area contributed by atoms with Gasteiger partial charge in [0, 0.05) is 12.0 Å². The Morgan fingerprint density at radius 1 is 1.15 bits per heavy atom. The molecule has 0 aliphatic heterocycles. The first-order valence-electron chi connectivity index (χ1n) is 8.10. The smallest absolute Gasteiger partial charge is 0.306 e. The highest BCUT2D eigenvalue weighted by atomic mass is 16.4. The molecule has 2 aliphatic carbocycles. The summed E-state index contributed by atoms with van der Waals surface area (Å²) in [6.45, 7) is 2.63. The van der Waals surface area contributed by atoms with Gasteiger partial charge in [-0.25, -0.2) is 0 Å². The SMILES string of the molecule is CCC1(C(=O)NCC2CCCCC2C(=O)O)CCCC1. The van der Waals surface area contributed by atoms with Gasteiger partial charge in [-0.15, -0.1) is 0 Å². The minimum atomic E-state index is -0.699. The zero-order valence-electron chi connectivity index (χ0n) is 12.5. The Hall–Kier alpha value is -1.06. The van der Waals surface area contributed by atoms with E-state index in [-0.39, 0.29) is 23.2 Å². The number of amides is 1. The Morgan fingerprint density at radius 2 is 1.80 bits per heavy atom. The Kier molecular flexibility index (Phi) is 5.06. The predicted octanol–water partition coefficient (Wildman–Crippen LogP) is 2.96. The second-order valence-corrected chi connectivity index (χ2v) is 6.54. The average Bonchev–Trinajstić information content (AvgIpc) is 2.95. The van der Waals surface area contributed by atoms with Crippen LogP contribution >= 0.6 is 0 Å². The molecule has 2 rings (SSSR count). The fourth-order valence-corrected chi connectivity index (χ4v) is 3.98. The van der Waals surface area contributed by atoms with Crippen molar-refractivity contribution in [2.45, 2.75) is 64.7 Å². The van der Waals surface area contributed by atoms with Crippen molar-refractivity contribution in [1.29, 1.82) is 0 Å². The highest BCUT2D eigenvalue weighted by molar-refractivity contribution is 5.83. The number of carboxylic acid groups (broad SMARTS) is 1. The molecule has 2 atom stereocenters. The predicted molar refractivity (Wildman–Crippen MR) is 77.3 cm³/mol. The Bertz CT molecular complexity index is 361. The van der Waals surface area contributed by atoms with Crippen LogP contribution in [0.2, 0.25) is 0 Å². The summed E-state index contributed by atoms with van der Waals surface area (Å²) in [5.41, 5.74) is -0.173. The zero-order chi connectivity index (χ0) is 14.6. The van der Waals surface area contributed by atoms with Gasteiger partial charge in [0.25, 0.3) is 0 Å². The number of carbonyl (C=O) groups excluding carboxylic acids is 1. The first-order valence-corrected chi connectivity index (χ1v) is 8.10. The van der Waals surface area contributed by atoms with Crippen LogP contribution < -0.4 is 5.32 Å². The number of hydrogen-bond donors (Lipinski definition) is 2. The van der Waals surface area contributed by atoms with E-state index in [1.165, 1.54) is 0 Å². The summed E-state index contributed by atoms with van der Waals surface area (Å²) >= 11 is 0. The number of aliphatic carboxylic acids is 1. The molecule has 2 saturated carbocycles. The van der Waals surface area contributed by atoms with Gasteiger partial charge >= 0.3 is 5.97 Å². The number of hydrogen-bond acceptors (Lipinski definition) is 2. The van der Waals surface area contributed by atoms with E-state index >= 15 is 0 Å². The van der Waals surface area contributed by atoms with Crippen molar-refractivity contribution in [2.24, 2.45) is 17.3 Å². The molecular weight excluding hydrogens is 254 g/mol. The van der Waals surface area contributed by atoms with Crippen LogP contribution in [-0.4, -0.2) is 23.5 Å². The van der Waals surface area contributed by atoms with E-state index < -0.39 is 5.97 Å². The second kappa shape index (κ2) is 6.59. The molecule has 0 bridgehead atoms. The van der Waals surface area contributed by atoms with Crippen LogP contribution in [0.15, 0.2) is 0 Å². The molecule has 1 amide bonds. The molecule has 2 aliphatic rings. The third-order valence-corrected chi connectivity index (χ3v) is 5.47. The normalized spacial score (nSPS) is 29.1. The van der Waals surface area contributed by atoms with E-state index in [0.29, 0.717) is 6.54 Å². The van der Waals surface area contributed by atoms with Crippen LogP contribution in [0.25, 0.3) is 0 Å². The van der Waals surface area contributed by atoms with Crippen LogP contribution in [0.1, 0.15) is 64.7 Å². The summed E-state index contributed by atoms with van der Waals surface area (Å²) in [7, 11) is 0. The van der Waals surface area contributed by atoms with Crippen LogP contribution in [0.3, 0.4) is 0 Å². The molecule has 0 aromatic rings. The van der Waals surface area contributed by atoms with Crippen LogP contribution in [-0.2, 0) is 9.59 Å². The standard InChI is InChI=1S/C16H27NO3/c1-2-16(9-5-6-10-16)15(20)17-11-12-7-3-4-8-13(12)14(18)19/h12-13H,2-11H2,1H3,(H,17,20)(H,18,19). The van der Waals surface area contributed by atoms with Gasteiger partial charge in [-0.2, -0.15) is 0 Å². The molecule has 20 heavy (non-hydrogen) atoms. The average molecular weight is 281 g/mol. The lowest BCUT2D eigenvalue weighted by Gasteiger charge is -2.31. The van der Waals surface area contributed by atoms with E-state index in [1.54, 1.807) is 0 Å². The van der Waals surface area contributed by atoms with Crippen molar-refractivity contribution in [3.05, 3.63) is 0 Å². The molecule has 0 radical (unpaired) electrons. The van der Waals surface area contributed by atoms with Gasteiger partial charge in [-0.1, -0.05) is 32.6 Å². The number of carboxylic acids is 1. The maximum absolute atomic E-state index is 12.5. The molecule has 2 N–H and O–H groups in total. The number of carbonyl (C=O) groups is 2. The largest absolute Gasteiger partial charge is 0.481 e. The van der Waals surface area contributed by atoms with E-state index in [0.717, 1.165) is 57.8 Å². The first-order chi connectivity index (χ1) is 9.59. The fourth-order valence-electron chi connectivity index (χ4n) is 3.98. The topological polar surface area (TPSA) is 66.4 Å². The Morgan fingerprint density at radius 3 is 2.40 bits per heavy atom. The van der Waals surface area contributed by atoms with Crippen LogP contribution in [0, 0.1) is 17.3 Å². The highest BCUT2D eigenvalue weighted by Gasteiger charge is 2.40. The highest BCUT2D eigenvalue weighted by Crippen LogP contribution is 2.41. The van der Waals surface area contributed by atoms with Crippen molar-refractivity contribution >= 4 is 11.9 Å². The summed E-state index contributed by atoms with van der Waals surface area (Å²) in [4.78, 5) is 23.7. The van der Waals surface area contributed by atoms with Crippen molar-refractivity contribution in [3.63, 3.8) is 0 Å². The monoisotopic (exact) mass is 281 g/mol. The van der Waals surface area contributed by atoms with E-state index in [9.17, 15) is 14.7 Å². The summed E-state index contributed by atoms with van der Waals surface area (Å²) in [5.74, 6) is -0.701. The molecule has 0 aromatic heterocycles. The van der Waals surface area contributed by atoms with Gasteiger partial charge in [0.1, 0.15) is 0 Å². The minimum Gasteiger partial charge on any atom is -0.481 e. The maximum atomic E-state index is 12.5. The molecule has 2 unspecified atom stereocenters. The van der Waals surface area contributed by atoms with Gasteiger partial charge in [0.15, 0.2) is 0 Å². The minimum absolute atomic E-state index is 0.112. The molecule has 0 spiro atoms. The first kappa shape index (κ1) is 15.3. The summed E-state index contributed by atoms with van der Waals surface area (Å²) in [6, 6.07) is 0. The van der Waals surface area contributed by atoms with Gasteiger partial charge in [-0.05, 0) is 38.0 Å². The lowest BCUT2D eigenvalue weighted by atomic mass is 9.78. The molecule has 0 saturated heterocycles. The van der Waals surface area contributed by atoms with E-state index in [4.69, 9.17) is 0 Å². The van der Waals surface area contributed by atoms with Gasteiger partial charge < -0.3 is 10.4 Å². The Balaban J connectivity index is 1.90. The molecule has 2 fully saturated rings. The molecule has 4 nitrogen and oxygen atoms in total. The maximum Gasteiger partial charge on any atom is 0.306 e. The quantitative estimate of drug-likeness (QED) is 0.814.